The first-order chi connectivity index (χ1) is 8.04. The summed E-state index contributed by atoms with van der Waals surface area (Å²) in [6, 6.07) is 3.90. The Bertz CT molecular complexity index is 438. The lowest BCUT2D eigenvalue weighted by atomic mass is 9.99. The minimum atomic E-state index is -1.05. The molecule has 0 saturated carbocycles. The number of rotatable bonds is 5. The molecule has 1 aromatic carbocycles. The normalized spacial score (nSPS) is 11.5. The van der Waals surface area contributed by atoms with Gasteiger partial charge in [-0.25, -0.2) is 9.18 Å². The summed E-state index contributed by atoms with van der Waals surface area (Å²) in [5.74, 6) is -2.22. The molecule has 1 aromatic rings. The third kappa shape index (κ3) is 3.90. The van der Waals surface area contributed by atoms with Crippen molar-refractivity contribution < 1.29 is 19.4 Å². The van der Waals surface area contributed by atoms with Crippen molar-refractivity contribution in [2.45, 2.75) is 26.2 Å². The maximum absolute atomic E-state index is 13.2. The average molecular weight is 238 g/mol. The number of aliphatic carboxylic acids is 1. The second-order valence-electron chi connectivity index (χ2n) is 3.78. The molecule has 0 aliphatic carbocycles. The Morgan fingerprint density at radius 3 is 2.71 bits per heavy atom. The van der Waals surface area contributed by atoms with Crippen molar-refractivity contribution in [2.24, 2.45) is 0 Å². The van der Waals surface area contributed by atoms with Crippen molar-refractivity contribution in [1.82, 2.24) is 0 Å². The van der Waals surface area contributed by atoms with Gasteiger partial charge in [-0.1, -0.05) is 19.4 Å². The summed E-state index contributed by atoms with van der Waals surface area (Å²) in [6.07, 6.45) is 3.42. The SMILES string of the molecule is CCCC/C(=C\C(=O)O)c1ccc(O)c(F)c1. The Hall–Kier alpha value is -1.84. The number of carbonyl (C=O) groups is 1. The summed E-state index contributed by atoms with van der Waals surface area (Å²) < 4.78 is 13.2. The molecule has 0 atom stereocenters. The van der Waals surface area contributed by atoms with E-state index in [1.165, 1.54) is 12.1 Å². The molecule has 0 bridgehead atoms. The number of phenols is 1. The van der Waals surface area contributed by atoms with Crippen molar-refractivity contribution in [3.8, 4) is 5.75 Å². The van der Waals surface area contributed by atoms with Crippen LogP contribution in [-0.4, -0.2) is 16.2 Å². The molecule has 3 nitrogen and oxygen atoms in total. The molecule has 92 valence electrons. The Labute approximate surface area is 99.2 Å². The first-order valence-electron chi connectivity index (χ1n) is 5.47. The van der Waals surface area contributed by atoms with E-state index < -0.39 is 17.5 Å². The standard InChI is InChI=1S/C13H15FO3/c1-2-3-4-9(8-13(16)17)10-5-6-12(15)11(14)7-10/h5-8,15H,2-4H2,1H3,(H,16,17)/b9-8+. The molecule has 1 rings (SSSR count). The lowest BCUT2D eigenvalue weighted by molar-refractivity contribution is -0.131. The molecule has 4 heteroatoms. The molecular formula is C13H15FO3. The molecule has 0 aliphatic heterocycles. The number of unbranched alkanes of at least 4 members (excludes halogenated alkanes) is 1. The summed E-state index contributed by atoms with van der Waals surface area (Å²) in [5, 5.41) is 17.8. The highest BCUT2D eigenvalue weighted by Gasteiger charge is 2.07. The van der Waals surface area contributed by atoms with Crippen LogP contribution in [0.3, 0.4) is 0 Å². The van der Waals surface area contributed by atoms with Gasteiger partial charge in [-0.2, -0.15) is 0 Å². The number of hydrogen-bond acceptors (Lipinski definition) is 2. The predicted molar refractivity (Wildman–Crippen MR) is 63.2 cm³/mol. The van der Waals surface area contributed by atoms with Gasteiger partial charge in [0.15, 0.2) is 11.6 Å². The van der Waals surface area contributed by atoms with Crippen molar-refractivity contribution in [2.75, 3.05) is 0 Å². The third-order valence-electron chi connectivity index (χ3n) is 2.42. The lowest BCUT2D eigenvalue weighted by Gasteiger charge is -2.07. The van der Waals surface area contributed by atoms with Crippen LogP contribution in [0.4, 0.5) is 4.39 Å². The molecule has 0 amide bonds. The zero-order valence-electron chi connectivity index (χ0n) is 9.61. The number of hydrogen-bond donors (Lipinski definition) is 2. The van der Waals surface area contributed by atoms with Crippen LogP contribution < -0.4 is 0 Å². The third-order valence-corrected chi connectivity index (χ3v) is 2.42. The van der Waals surface area contributed by atoms with Gasteiger partial charge in [-0.05, 0) is 36.1 Å². The average Bonchev–Trinajstić information content (AvgIpc) is 2.27. The number of allylic oxidation sites excluding steroid dienone is 1. The van der Waals surface area contributed by atoms with E-state index in [4.69, 9.17) is 10.2 Å². The monoisotopic (exact) mass is 238 g/mol. The van der Waals surface area contributed by atoms with Crippen molar-refractivity contribution in [1.29, 1.82) is 0 Å². The first kappa shape index (κ1) is 13.2. The molecule has 0 aliphatic rings. The Morgan fingerprint density at radius 1 is 1.47 bits per heavy atom. The largest absolute Gasteiger partial charge is 0.505 e. The van der Waals surface area contributed by atoms with Gasteiger partial charge in [0, 0.05) is 6.08 Å². The van der Waals surface area contributed by atoms with Crippen molar-refractivity contribution in [3.05, 3.63) is 35.7 Å². The molecule has 0 spiro atoms. The van der Waals surface area contributed by atoms with Crippen LogP contribution in [0.1, 0.15) is 31.7 Å². The Kier molecular flexibility index (Phi) is 4.69. The molecule has 0 aromatic heterocycles. The topological polar surface area (TPSA) is 57.5 Å². The van der Waals surface area contributed by atoms with E-state index in [0.29, 0.717) is 17.6 Å². The molecule has 2 N–H and O–H groups in total. The molecule has 0 unspecified atom stereocenters. The van der Waals surface area contributed by atoms with Crippen LogP contribution in [0.5, 0.6) is 5.75 Å². The predicted octanol–water partition coefficient (Wildman–Crippen LogP) is 3.19. The summed E-state index contributed by atoms with van der Waals surface area (Å²) in [5.41, 5.74) is 1.06. The molecule has 0 radical (unpaired) electrons. The zero-order valence-corrected chi connectivity index (χ0v) is 9.61. The number of phenolic OH excluding ortho intramolecular Hbond substituents is 1. The van der Waals surface area contributed by atoms with E-state index in [9.17, 15) is 9.18 Å². The molecular weight excluding hydrogens is 223 g/mol. The van der Waals surface area contributed by atoms with Crippen LogP contribution >= 0.6 is 0 Å². The zero-order chi connectivity index (χ0) is 12.8. The van der Waals surface area contributed by atoms with E-state index in [2.05, 4.69) is 0 Å². The van der Waals surface area contributed by atoms with E-state index in [-0.39, 0.29) is 0 Å². The maximum atomic E-state index is 13.2. The van der Waals surface area contributed by atoms with Crippen LogP contribution in [-0.2, 0) is 4.79 Å². The smallest absolute Gasteiger partial charge is 0.328 e. The molecule has 0 heterocycles. The van der Waals surface area contributed by atoms with Crippen LogP contribution in [0.25, 0.3) is 5.57 Å². The molecule has 17 heavy (non-hydrogen) atoms. The fraction of sp³-hybridized carbons (Fsp3) is 0.308. The number of carboxylic acids is 1. The minimum Gasteiger partial charge on any atom is -0.505 e. The van der Waals surface area contributed by atoms with Gasteiger partial charge in [0.1, 0.15) is 0 Å². The van der Waals surface area contributed by atoms with Gasteiger partial charge in [0.2, 0.25) is 0 Å². The van der Waals surface area contributed by atoms with E-state index in [0.717, 1.165) is 25.0 Å². The maximum Gasteiger partial charge on any atom is 0.328 e. The van der Waals surface area contributed by atoms with Gasteiger partial charge >= 0.3 is 5.97 Å². The second-order valence-corrected chi connectivity index (χ2v) is 3.78. The first-order valence-corrected chi connectivity index (χ1v) is 5.47. The van der Waals surface area contributed by atoms with E-state index >= 15 is 0 Å². The number of benzene rings is 1. The second kappa shape index (κ2) is 6.03. The minimum absolute atomic E-state index is 0.432. The molecule has 0 fully saturated rings. The van der Waals surface area contributed by atoms with Gasteiger partial charge in [-0.3, -0.25) is 0 Å². The van der Waals surface area contributed by atoms with Crippen LogP contribution in [0, 0.1) is 5.82 Å². The van der Waals surface area contributed by atoms with E-state index in [1.807, 2.05) is 6.92 Å². The van der Waals surface area contributed by atoms with Crippen LogP contribution in [0.15, 0.2) is 24.3 Å². The van der Waals surface area contributed by atoms with E-state index in [1.54, 1.807) is 0 Å². The lowest BCUT2D eigenvalue weighted by Crippen LogP contribution is -1.94. The van der Waals surface area contributed by atoms with Gasteiger partial charge in [-0.15, -0.1) is 0 Å². The Balaban J connectivity index is 3.04. The summed E-state index contributed by atoms with van der Waals surface area (Å²) in [7, 11) is 0. The summed E-state index contributed by atoms with van der Waals surface area (Å²) in [4.78, 5) is 10.7. The Morgan fingerprint density at radius 2 is 2.18 bits per heavy atom. The van der Waals surface area contributed by atoms with Crippen molar-refractivity contribution in [3.63, 3.8) is 0 Å². The number of halogens is 1. The summed E-state index contributed by atoms with van der Waals surface area (Å²) >= 11 is 0. The highest BCUT2D eigenvalue weighted by atomic mass is 19.1. The fourth-order valence-electron chi connectivity index (χ4n) is 1.52. The highest BCUT2D eigenvalue weighted by molar-refractivity contribution is 5.90. The quantitative estimate of drug-likeness (QED) is 0.774. The molecule has 0 saturated heterocycles. The van der Waals surface area contributed by atoms with Gasteiger partial charge < -0.3 is 10.2 Å². The van der Waals surface area contributed by atoms with Crippen LogP contribution in [0.2, 0.25) is 0 Å². The fourth-order valence-corrected chi connectivity index (χ4v) is 1.52. The number of carboxylic acid groups (broad SMARTS) is 1. The summed E-state index contributed by atoms with van der Waals surface area (Å²) in [6.45, 7) is 2.00. The highest BCUT2D eigenvalue weighted by Crippen LogP contribution is 2.25. The van der Waals surface area contributed by atoms with Crippen molar-refractivity contribution >= 4 is 11.5 Å². The van der Waals surface area contributed by atoms with Gasteiger partial charge in [0.25, 0.3) is 0 Å². The van der Waals surface area contributed by atoms with Gasteiger partial charge in [0.05, 0.1) is 0 Å². The number of aromatic hydroxyl groups is 1.